The quantitative estimate of drug-likeness (QED) is 0.755. The van der Waals surface area contributed by atoms with Crippen LogP contribution in [-0.4, -0.2) is 18.5 Å². The summed E-state index contributed by atoms with van der Waals surface area (Å²) in [5.41, 5.74) is 0.674. The lowest BCUT2D eigenvalue weighted by molar-refractivity contribution is -0.122. The van der Waals surface area contributed by atoms with Crippen molar-refractivity contribution in [1.29, 1.82) is 5.26 Å². The minimum atomic E-state index is -0.807. The fraction of sp³-hybridized carbons (Fsp3) is 0.182. The Morgan fingerprint density at radius 1 is 1.31 bits per heavy atom. The van der Waals surface area contributed by atoms with E-state index in [4.69, 9.17) is 5.26 Å². The number of para-hydroxylation sites is 1. The number of nitriles is 1. The van der Waals surface area contributed by atoms with E-state index in [-0.39, 0.29) is 6.54 Å². The van der Waals surface area contributed by atoms with E-state index in [0.29, 0.717) is 5.69 Å². The van der Waals surface area contributed by atoms with Crippen molar-refractivity contribution in [2.75, 3.05) is 11.4 Å². The van der Waals surface area contributed by atoms with Gasteiger partial charge in [0.2, 0.25) is 5.91 Å². The lowest BCUT2D eigenvalue weighted by Gasteiger charge is -2.28. The van der Waals surface area contributed by atoms with Crippen LogP contribution >= 0.6 is 0 Å². The Bertz CT molecular complexity index is 464. The summed E-state index contributed by atoms with van der Waals surface area (Å²) < 4.78 is 0. The number of imide groups is 1. The molecule has 0 bridgehead atoms. The molecule has 0 aliphatic carbocycles. The van der Waals surface area contributed by atoms with Crippen molar-refractivity contribution < 1.29 is 9.59 Å². The molecule has 1 aromatic carbocycles. The molecule has 1 heterocycles. The molecule has 5 heteroatoms. The standard InChI is InChI=1S/C11H9N3O2/c12-6-8-7-14(11(16)13-10(8)15)9-4-2-1-3-5-9/h1-5,8H,7H2,(H,13,15,16). The summed E-state index contributed by atoms with van der Waals surface area (Å²) in [5.74, 6) is -1.34. The molecule has 2 rings (SSSR count). The minimum absolute atomic E-state index is 0.102. The number of benzene rings is 1. The van der Waals surface area contributed by atoms with Crippen molar-refractivity contribution >= 4 is 17.6 Å². The SMILES string of the molecule is N#CC1CN(c2ccccc2)C(=O)NC1=O. The normalized spacial score (nSPS) is 20.2. The Labute approximate surface area is 92.3 Å². The summed E-state index contributed by atoms with van der Waals surface area (Å²) in [5, 5.41) is 10.9. The number of carbonyl (C=O) groups excluding carboxylic acids is 2. The van der Waals surface area contributed by atoms with Gasteiger partial charge in [0.1, 0.15) is 5.92 Å². The van der Waals surface area contributed by atoms with E-state index in [2.05, 4.69) is 5.32 Å². The van der Waals surface area contributed by atoms with Crippen molar-refractivity contribution in [1.82, 2.24) is 5.32 Å². The molecule has 1 fully saturated rings. The highest BCUT2D eigenvalue weighted by Gasteiger charge is 2.32. The lowest BCUT2D eigenvalue weighted by atomic mass is 10.1. The third-order valence-corrected chi connectivity index (χ3v) is 2.38. The zero-order valence-electron chi connectivity index (χ0n) is 8.38. The number of carbonyl (C=O) groups is 2. The molecular formula is C11H9N3O2. The molecule has 1 atom stereocenters. The van der Waals surface area contributed by atoms with Gasteiger partial charge in [-0.05, 0) is 12.1 Å². The van der Waals surface area contributed by atoms with E-state index in [9.17, 15) is 9.59 Å². The predicted molar refractivity (Wildman–Crippen MR) is 56.4 cm³/mol. The Kier molecular flexibility index (Phi) is 2.56. The van der Waals surface area contributed by atoms with Gasteiger partial charge in [0, 0.05) is 5.69 Å². The van der Waals surface area contributed by atoms with Crippen LogP contribution in [0.15, 0.2) is 30.3 Å². The van der Waals surface area contributed by atoms with E-state index in [1.165, 1.54) is 4.90 Å². The molecule has 0 aromatic heterocycles. The van der Waals surface area contributed by atoms with Crippen molar-refractivity contribution in [3.63, 3.8) is 0 Å². The van der Waals surface area contributed by atoms with Gasteiger partial charge >= 0.3 is 6.03 Å². The van der Waals surface area contributed by atoms with Gasteiger partial charge in [-0.3, -0.25) is 15.0 Å². The monoisotopic (exact) mass is 215 g/mol. The first-order valence-electron chi connectivity index (χ1n) is 4.79. The van der Waals surface area contributed by atoms with Crippen LogP contribution in [-0.2, 0) is 4.79 Å². The molecule has 80 valence electrons. The summed E-state index contributed by atoms with van der Waals surface area (Å²) in [4.78, 5) is 24.2. The Hall–Kier alpha value is -2.35. The van der Waals surface area contributed by atoms with Gasteiger partial charge in [-0.15, -0.1) is 0 Å². The summed E-state index contributed by atoms with van der Waals surface area (Å²) in [7, 11) is 0. The third kappa shape index (κ3) is 1.73. The van der Waals surface area contributed by atoms with Gasteiger partial charge in [0.05, 0.1) is 12.6 Å². The number of hydrogen-bond acceptors (Lipinski definition) is 3. The maximum atomic E-state index is 11.6. The van der Waals surface area contributed by atoms with E-state index in [1.807, 2.05) is 12.1 Å². The number of nitrogens with one attached hydrogen (secondary N) is 1. The Balaban J connectivity index is 2.26. The van der Waals surface area contributed by atoms with Gasteiger partial charge in [-0.25, -0.2) is 4.79 Å². The van der Waals surface area contributed by atoms with Crippen LogP contribution in [0.5, 0.6) is 0 Å². The first kappa shape index (κ1) is 10.2. The maximum absolute atomic E-state index is 11.6. The number of urea groups is 1. The first-order chi connectivity index (χ1) is 7.72. The van der Waals surface area contributed by atoms with Crippen molar-refractivity contribution in [3.8, 4) is 6.07 Å². The fourth-order valence-corrected chi connectivity index (χ4v) is 1.54. The van der Waals surface area contributed by atoms with E-state index < -0.39 is 17.9 Å². The molecule has 3 amide bonds. The zero-order valence-corrected chi connectivity index (χ0v) is 8.38. The highest BCUT2D eigenvalue weighted by molar-refractivity contribution is 6.07. The van der Waals surface area contributed by atoms with Gasteiger partial charge < -0.3 is 0 Å². The Morgan fingerprint density at radius 2 is 2.00 bits per heavy atom. The van der Waals surface area contributed by atoms with Crippen LogP contribution in [0.4, 0.5) is 10.5 Å². The van der Waals surface area contributed by atoms with Crippen LogP contribution in [0.25, 0.3) is 0 Å². The molecule has 1 aromatic rings. The predicted octanol–water partition coefficient (Wildman–Crippen LogP) is 0.883. The second-order valence-corrected chi connectivity index (χ2v) is 3.42. The minimum Gasteiger partial charge on any atom is -0.292 e. The first-order valence-corrected chi connectivity index (χ1v) is 4.79. The maximum Gasteiger partial charge on any atom is 0.328 e. The molecule has 1 unspecified atom stereocenters. The van der Waals surface area contributed by atoms with Gasteiger partial charge in [-0.2, -0.15) is 5.26 Å². The van der Waals surface area contributed by atoms with Crippen LogP contribution in [0, 0.1) is 17.2 Å². The molecular weight excluding hydrogens is 206 g/mol. The summed E-state index contributed by atoms with van der Waals surface area (Å²) in [6.45, 7) is 0.102. The number of amides is 3. The largest absolute Gasteiger partial charge is 0.328 e. The van der Waals surface area contributed by atoms with Crippen molar-refractivity contribution in [2.24, 2.45) is 5.92 Å². The number of rotatable bonds is 1. The molecule has 0 saturated carbocycles. The average Bonchev–Trinajstić information content (AvgIpc) is 2.30. The molecule has 1 saturated heterocycles. The second-order valence-electron chi connectivity index (χ2n) is 3.42. The molecule has 0 spiro atoms. The summed E-state index contributed by atoms with van der Waals surface area (Å²) >= 11 is 0. The third-order valence-electron chi connectivity index (χ3n) is 2.38. The zero-order chi connectivity index (χ0) is 11.5. The molecule has 1 N–H and O–H groups in total. The van der Waals surface area contributed by atoms with E-state index in [0.717, 1.165) is 0 Å². The van der Waals surface area contributed by atoms with E-state index >= 15 is 0 Å². The van der Waals surface area contributed by atoms with Crippen LogP contribution in [0.1, 0.15) is 0 Å². The van der Waals surface area contributed by atoms with Crippen molar-refractivity contribution in [2.45, 2.75) is 0 Å². The summed E-state index contributed by atoms with van der Waals surface area (Å²) in [6.07, 6.45) is 0. The lowest BCUT2D eigenvalue weighted by Crippen LogP contribution is -2.54. The molecule has 5 nitrogen and oxygen atoms in total. The molecule has 16 heavy (non-hydrogen) atoms. The van der Waals surface area contributed by atoms with Gasteiger partial charge in [0.15, 0.2) is 0 Å². The van der Waals surface area contributed by atoms with E-state index in [1.54, 1.807) is 24.3 Å². The fourth-order valence-electron chi connectivity index (χ4n) is 1.54. The Morgan fingerprint density at radius 3 is 2.62 bits per heavy atom. The van der Waals surface area contributed by atoms with Crippen LogP contribution in [0.3, 0.4) is 0 Å². The average molecular weight is 215 g/mol. The number of hydrogen-bond donors (Lipinski definition) is 1. The molecule has 1 aliphatic heterocycles. The topological polar surface area (TPSA) is 73.2 Å². The number of nitrogens with zero attached hydrogens (tertiary/aromatic N) is 2. The molecule has 1 aliphatic rings. The van der Waals surface area contributed by atoms with Gasteiger partial charge in [0.25, 0.3) is 0 Å². The highest BCUT2D eigenvalue weighted by atomic mass is 16.2. The van der Waals surface area contributed by atoms with Gasteiger partial charge in [-0.1, -0.05) is 18.2 Å². The molecule has 0 radical (unpaired) electrons. The number of anilines is 1. The van der Waals surface area contributed by atoms with Crippen LogP contribution in [0.2, 0.25) is 0 Å². The smallest absolute Gasteiger partial charge is 0.292 e. The van der Waals surface area contributed by atoms with Crippen LogP contribution < -0.4 is 10.2 Å². The van der Waals surface area contributed by atoms with Crippen molar-refractivity contribution in [3.05, 3.63) is 30.3 Å². The highest BCUT2D eigenvalue weighted by Crippen LogP contribution is 2.18. The summed E-state index contributed by atoms with van der Waals surface area (Å²) in [6, 6.07) is 10.3. The second kappa shape index (κ2) is 4.03.